The number of fused-ring (bicyclic) bond motifs is 1. The molecule has 0 aromatic carbocycles. The summed E-state index contributed by atoms with van der Waals surface area (Å²) < 4.78 is 15.7. The third-order valence-corrected chi connectivity index (χ3v) is 6.42. The summed E-state index contributed by atoms with van der Waals surface area (Å²) in [5.74, 6) is 0.484. The third-order valence-electron chi connectivity index (χ3n) is 4.86. The van der Waals surface area contributed by atoms with E-state index in [1.165, 1.54) is 11.3 Å². The van der Waals surface area contributed by atoms with Crippen molar-refractivity contribution >= 4 is 47.4 Å². The molecule has 0 aliphatic heterocycles. The Kier molecular flexibility index (Phi) is 6.95. The number of hydrogen-bond donors (Lipinski definition) is 5. The fourth-order valence-corrected chi connectivity index (χ4v) is 4.52. The van der Waals surface area contributed by atoms with Crippen molar-refractivity contribution in [1.29, 1.82) is 0 Å². The molecule has 2 heterocycles. The molecule has 1 saturated carbocycles. The van der Waals surface area contributed by atoms with Crippen molar-refractivity contribution in [3.05, 3.63) is 10.9 Å². The van der Waals surface area contributed by atoms with Gasteiger partial charge in [0, 0.05) is 23.6 Å². The zero-order chi connectivity index (χ0) is 20.1. The van der Waals surface area contributed by atoms with E-state index in [9.17, 15) is 14.2 Å². The van der Waals surface area contributed by atoms with Crippen LogP contribution in [0.2, 0.25) is 0 Å². The van der Waals surface area contributed by atoms with Crippen molar-refractivity contribution in [2.24, 2.45) is 11.8 Å². The van der Waals surface area contributed by atoms with Crippen LogP contribution >= 0.6 is 19.6 Å². The number of nitrogens with two attached hydrogens (primary N) is 1. The van der Waals surface area contributed by atoms with Gasteiger partial charge in [-0.15, -0.1) is 20.8 Å². The van der Waals surface area contributed by atoms with Gasteiger partial charge < -0.3 is 16.4 Å². The van der Waals surface area contributed by atoms with Crippen LogP contribution in [0.4, 0.5) is 5.82 Å². The number of nitrogen functional groups attached to an aromatic ring is 1. The second-order valence-electron chi connectivity index (χ2n) is 6.75. The van der Waals surface area contributed by atoms with E-state index in [0.717, 1.165) is 35.9 Å². The van der Waals surface area contributed by atoms with Gasteiger partial charge in [0.05, 0.1) is 15.1 Å². The molecule has 0 spiro atoms. The number of thiophene rings is 1. The van der Waals surface area contributed by atoms with Crippen LogP contribution in [-0.4, -0.2) is 46.6 Å². The smallest absolute Gasteiger partial charge is 0.381 e. The first-order chi connectivity index (χ1) is 13.4. The zero-order valence-corrected chi connectivity index (χ0v) is 16.9. The lowest BCUT2D eigenvalue weighted by Gasteiger charge is -2.27. The first-order valence-corrected chi connectivity index (χ1v) is 11.0. The summed E-state index contributed by atoms with van der Waals surface area (Å²) in [5, 5.41) is 12.4. The fourth-order valence-electron chi connectivity index (χ4n) is 3.34. The summed E-state index contributed by atoms with van der Waals surface area (Å²) in [6.07, 6.45) is 3.23. The van der Waals surface area contributed by atoms with Crippen LogP contribution in [0.1, 0.15) is 35.4 Å². The predicted molar refractivity (Wildman–Crippen MR) is 105 cm³/mol. The van der Waals surface area contributed by atoms with Gasteiger partial charge in [0.25, 0.3) is 5.91 Å². The number of H-pyrrole nitrogens is 1. The van der Waals surface area contributed by atoms with Gasteiger partial charge in [0.15, 0.2) is 5.82 Å². The van der Waals surface area contributed by atoms with Crippen LogP contribution in [0.3, 0.4) is 0 Å². The van der Waals surface area contributed by atoms with Crippen LogP contribution in [-0.2, 0) is 13.9 Å². The van der Waals surface area contributed by atoms with Crippen LogP contribution in [0.15, 0.2) is 6.07 Å². The summed E-state index contributed by atoms with van der Waals surface area (Å²) in [6.45, 7) is 0.799. The average molecular weight is 428 g/mol. The Labute approximate surface area is 166 Å². The number of rotatable bonds is 8. The number of carbonyl (C=O) groups excluding carboxylic acids is 2. The first-order valence-electron chi connectivity index (χ1n) is 9.02. The van der Waals surface area contributed by atoms with Crippen molar-refractivity contribution in [3.8, 4) is 0 Å². The van der Waals surface area contributed by atoms with Gasteiger partial charge in [-0.2, -0.15) is 5.10 Å². The van der Waals surface area contributed by atoms with Crippen LogP contribution in [0, 0.1) is 11.8 Å². The SMILES string of the molecule is Nc1n[nH]c2cc(C(=O)NCC3CCC(C(=O)NCCO[P+](=O)O)CC3)sc12. The molecule has 2 aromatic rings. The lowest BCUT2D eigenvalue weighted by atomic mass is 9.81. The van der Waals surface area contributed by atoms with Crippen molar-refractivity contribution < 1.29 is 23.6 Å². The molecule has 1 atom stereocenters. The molecule has 3 rings (SSSR count). The summed E-state index contributed by atoms with van der Waals surface area (Å²) >= 11 is 1.31. The number of amides is 2. The maximum Gasteiger partial charge on any atom is 0.694 e. The second-order valence-corrected chi connectivity index (χ2v) is 8.54. The van der Waals surface area contributed by atoms with E-state index in [4.69, 9.17) is 10.6 Å². The topological polar surface area (TPSA) is 159 Å². The quantitative estimate of drug-likeness (QED) is 0.315. The number of nitrogens with zero attached hydrogens (tertiary/aromatic N) is 1. The van der Waals surface area contributed by atoms with Gasteiger partial charge in [-0.05, 0) is 37.7 Å². The minimum atomic E-state index is -2.63. The number of hydrogen-bond acceptors (Lipinski definition) is 7. The molecule has 10 nitrogen and oxygen atoms in total. The minimum absolute atomic E-state index is 0.0119. The van der Waals surface area contributed by atoms with Gasteiger partial charge in [0.1, 0.15) is 6.61 Å². The lowest BCUT2D eigenvalue weighted by molar-refractivity contribution is -0.126. The monoisotopic (exact) mass is 428 g/mol. The van der Waals surface area contributed by atoms with E-state index in [0.29, 0.717) is 23.2 Å². The molecule has 6 N–H and O–H groups in total. The molecular weight excluding hydrogens is 405 g/mol. The molecule has 1 aliphatic rings. The number of aromatic nitrogens is 2. The maximum atomic E-state index is 12.3. The maximum absolute atomic E-state index is 12.3. The summed E-state index contributed by atoms with van der Waals surface area (Å²) in [4.78, 5) is 33.6. The Morgan fingerprint density at radius 1 is 1.36 bits per heavy atom. The van der Waals surface area contributed by atoms with Gasteiger partial charge >= 0.3 is 8.25 Å². The standard InChI is InChI=1S/C16H22N5O5PS/c17-14-13-11(20-21-14)7-12(28-13)16(23)19-8-9-1-3-10(4-2-9)15(22)18-5-6-26-27(24)25/h7,9-10H,1-6,8H2,(H5-,17,18,19,20,21,22,23,24,25)/p+1. The summed E-state index contributed by atoms with van der Waals surface area (Å²) in [6, 6.07) is 1.75. The molecular formula is C16H23N5O5PS+. The van der Waals surface area contributed by atoms with Crippen molar-refractivity contribution in [2.45, 2.75) is 25.7 Å². The highest BCUT2D eigenvalue weighted by Gasteiger charge is 2.27. The molecule has 1 unspecified atom stereocenters. The summed E-state index contributed by atoms with van der Waals surface area (Å²) in [7, 11) is -2.63. The Bertz CT molecular complexity index is 861. The Morgan fingerprint density at radius 2 is 2.11 bits per heavy atom. The second kappa shape index (κ2) is 9.42. The predicted octanol–water partition coefficient (Wildman–Crippen LogP) is 1.53. The van der Waals surface area contributed by atoms with E-state index in [2.05, 4.69) is 25.4 Å². The molecule has 0 saturated heterocycles. The van der Waals surface area contributed by atoms with Gasteiger partial charge in [-0.25, -0.2) is 0 Å². The lowest BCUT2D eigenvalue weighted by Crippen LogP contribution is -2.37. The molecule has 152 valence electrons. The Hall–Kier alpha value is -2.07. The molecule has 1 fully saturated rings. The molecule has 2 amide bonds. The van der Waals surface area contributed by atoms with Crippen LogP contribution in [0.25, 0.3) is 10.2 Å². The molecule has 28 heavy (non-hydrogen) atoms. The molecule has 0 bridgehead atoms. The van der Waals surface area contributed by atoms with E-state index >= 15 is 0 Å². The zero-order valence-electron chi connectivity index (χ0n) is 15.1. The Morgan fingerprint density at radius 3 is 2.79 bits per heavy atom. The van der Waals surface area contributed by atoms with E-state index in [1.54, 1.807) is 6.07 Å². The van der Waals surface area contributed by atoms with Crippen LogP contribution < -0.4 is 16.4 Å². The van der Waals surface area contributed by atoms with Crippen molar-refractivity contribution in [1.82, 2.24) is 20.8 Å². The minimum Gasteiger partial charge on any atom is -0.381 e. The van der Waals surface area contributed by atoms with Gasteiger partial charge in [-0.3, -0.25) is 14.7 Å². The highest BCUT2D eigenvalue weighted by Crippen LogP contribution is 2.30. The van der Waals surface area contributed by atoms with E-state index < -0.39 is 8.25 Å². The van der Waals surface area contributed by atoms with Crippen LogP contribution in [0.5, 0.6) is 0 Å². The number of anilines is 1. The molecule has 0 radical (unpaired) electrons. The van der Waals surface area contributed by atoms with Gasteiger partial charge in [-0.1, -0.05) is 0 Å². The first kappa shape index (κ1) is 20.7. The summed E-state index contributed by atoms with van der Waals surface area (Å²) in [5.41, 5.74) is 6.50. The fraction of sp³-hybridized carbons (Fsp3) is 0.562. The number of carbonyl (C=O) groups is 2. The van der Waals surface area contributed by atoms with Crippen molar-refractivity contribution in [3.63, 3.8) is 0 Å². The number of aromatic amines is 1. The number of nitrogens with one attached hydrogen (secondary N) is 3. The molecule has 12 heteroatoms. The highest BCUT2D eigenvalue weighted by atomic mass is 32.1. The average Bonchev–Trinajstić information content (AvgIpc) is 3.25. The van der Waals surface area contributed by atoms with Crippen molar-refractivity contribution in [2.75, 3.05) is 25.4 Å². The molecule has 2 aromatic heterocycles. The molecule has 1 aliphatic carbocycles. The van der Waals surface area contributed by atoms with E-state index in [1.807, 2.05) is 0 Å². The largest absolute Gasteiger partial charge is 0.694 e. The van der Waals surface area contributed by atoms with E-state index in [-0.39, 0.29) is 30.9 Å². The third kappa shape index (κ3) is 5.26. The normalized spacial score (nSPS) is 20.1. The highest BCUT2D eigenvalue weighted by molar-refractivity contribution is 7.32. The Balaban J connectivity index is 1.37. The van der Waals surface area contributed by atoms with Gasteiger partial charge in [0.2, 0.25) is 5.91 Å².